The van der Waals surface area contributed by atoms with E-state index < -0.39 is 5.91 Å². The first kappa shape index (κ1) is 14.7. The molecule has 0 aliphatic carbocycles. The first-order valence-corrected chi connectivity index (χ1v) is 6.31. The lowest BCUT2D eigenvalue weighted by Gasteiger charge is -2.09. The van der Waals surface area contributed by atoms with Gasteiger partial charge in [-0.05, 0) is 18.6 Å². The molecule has 0 atom stereocenters. The molecular weight excluding hydrogens is 254 g/mol. The van der Waals surface area contributed by atoms with Gasteiger partial charge in [-0.15, -0.1) is 0 Å². The number of primary amides is 1. The molecule has 0 saturated carbocycles. The second kappa shape index (κ2) is 7.89. The Labute approximate surface area is 112 Å². The third-order valence-electron chi connectivity index (χ3n) is 2.31. The first-order chi connectivity index (χ1) is 8.65. The summed E-state index contributed by atoms with van der Waals surface area (Å²) in [6.07, 6.45) is 2.15. The van der Waals surface area contributed by atoms with Crippen LogP contribution in [0.1, 0.15) is 30.1 Å². The van der Waals surface area contributed by atoms with E-state index in [1.807, 2.05) is 0 Å². The van der Waals surface area contributed by atoms with Gasteiger partial charge in [-0.3, -0.25) is 4.79 Å². The normalized spacial score (nSPS) is 10.3. The minimum Gasteiger partial charge on any atom is -0.380 e. The van der Waals surface area contributed by atoms with Crippen LogP contribution in [0.3, 0.4) is 0 Å². The predicted octanol–water partition coefficient (Wildman–Crippen LogP) is 2.06. The average Bonchev–Trinajstić information content (AvgIpc) is 2.33. The second-order valence-electron chi connectivity index (χ2n) is 3.79. The lowest BCUT2D eigenvalue weighted by atomic mass is 10.2. The third-order valence-corrected chi connectivity index (χ3v) is 2.52. The molecule has 0 bridgehead atoms. The Bertz CT molecular complexity index is 399. The Morgan fingerprint density at radius 2 is 2.28 bits per heavy atom. The van der Waals surface area contributed by atoms with Crippen LogP contribution in [0.25, 0.3) is 0 Å². The summed E-state index contributed by atoms with van der Waals surface area (Å²) in [7, 11) is 0. The number of amides is 1. The Kier molecular flexibility index (Phi) is 6.46. The number of hydrogen-bond donors (Lipinski definition) is 2. The maximum absolute atomic E-state index is 11.2. The second-order valence-corrected chi connectivity index (χ2v) is 4.17. The fourth-order valence-corrected chi connectivity index (χ4v) is 1.51. The molecule has 0 unspecified atom stereocenters. The van der Waals surface area contributed by atoms with Gasteiger partial charge in [0.2, 0.25) is 0 Å². The van der Waals surface area contributed by atoms with Crippen molar-refractivity contribution >= 4 is 23.3 Å². The van der Waals surface area contributed by atoms with Gasteiger partial charge in [0.25, 0.3) is 5.91 Å². The summed E-state index contributed by atoms with van der Waals surface area (Å²) in [5.41, 5.74) is 5.57. The van der Waals surface area contributed by atoms with E-state index in [1.54, 1.807) is 6.07 Å². The van der Waals surface area contributed by atoms with Gasteiger partial charge < -0.3 is 15.8 Å². The number of anilines is 1. The van der Waals surface area contributed by atoms with Crippen LogP contribution >= 0.6 is 11.6 Å². The van der Waals surface area contributed by atoms with Crippen molar-refractivity contribution in [3.8, 4) is 0 Å². The van der Waals surface area contributed by atoms with Gasteiger partial charge in [-0.25, -0.2) is 4.98 Å². The summed E-state index contributed by atoms with van der Waals surface area (Å²) < 4.78 is 5.39. The molecule has 0 aliphatic rings. The number of nitrogens with zero attached hydrogens (tertiary/aromatic N) is 1. The molecule has 100 valence electrons. The number of aromatic nitrogens is 1. The number of carbonyl (C=O) groups is 1. The highest BCUT2D eigenvalue weighted by atomic mass is 35.5. The van der Waals surface area contributed by atoms with Crippen LogP contribution in [0.5, 0.6) is 0 Å². The Hall–Kier alpha value is -1.33. The number of ether oxygens (including phenoxy) is 1. The first-order valence-electron chi connectivity index (χ1n) is 5.93. The molecule has 0 aliphatic heterocycles. The van der Waals surface area contributed by atoms with E-state index in [2.05, 4.69) is 17.2 Å². The van der Waals surface area contributed by atoms with Gasteiger partial charge in [-0.2, -0.15) is 0 Å². The molecule has 1 aromatic heterocycles. The highest BCUT2D eigenvalue weighted by Crippen LogP contribution is 2.15. The molecule has 3 N–H and O–H groups in total. The van der Waals surface area contributed by atoms with Crippen molar-refractivity contribution in [1.29, 1.82) is 0 Å². The summed E-state index contributed by atoms with van der Waals surface area (Å²) in [4.78, 5) is 15.2. The van der Waals surface area contributed by atoms with Crippen molar-refractivity contribution < 1.29 is 9.53 Å². The number of rotatable bonds is 8. The van der Waals surface area contributed by atoms with Crippen LogP contribution in [0, 0.1) is 0 Å². The number of hydrogen-bond acceptors (Lipinski definition) is 4. The molecule has 0 fully saturated rings. The van der Waals surface area contributed by atoms with Gasteiger partial charge in [0.15, 0.2) is 0 Å². The standard InChI is InChI=1S/C12H18ClN3O2/c1-2-3-7-18-8-6-15-12-9(11(14)17)4-5-10(13)16-12/h4-5H,2-3,6-8H2,1H3,(H2,14,17)(H,15,16). The quantitative estimate of drug-likeness (QED) is 0.560. The van der Waals surface area contributed by atoms with E-state index in [4.69, 9.17) is 22.1 Å². The minimum absolute atomic E-state index is 0.314. The molecule has 1 rings (SSSR count). The van der Waals surface area contributed by atoms with Crippen molar-refractivity contribution in [2.24, 2.45) is 5.73 Å². The number of pyridine rings is 1. The highest BCUT2D eigenvalue weighted by Gasteiger charge is 2.09. The molecule has 6 heteroatoms. The summed E-state index contributed by atoms with van der Waals surface area (Å²) in [6, 6.07) is 3.09. The van der Waals surface area contributed by atoms with Gasteiger partial charge >= 0.3 is 0 Å². The predicted molar refractivity (Wildman–Crippen MR) is 72.0 cm³/mol. The molecule has 0 radical (unpaired) electrons. The van der Waals surface area contributed by atoms with E-state index in [0.717, 1.165) is 19.4 Å². The molecule has 5 nitrogen and oxygen atoms in total. The molecule has 1 aromatic rings. The average molecular weight is 272 g/mol. The molecule has 1 amide bonds. The number of halogens is 1. The lowest BCUT2D eigenvalue weighted by Crippen LogP contribution is -2.18. The zero-order valence-corrected chi connectivity index (χ0v) is 11.2. The summed E-state index contributed by atoms with van der Waals surface area (Å²) in [5.74, 6) is -0.136. The SMILES string of the molecule is CCCCOCCNc1nc(Cl)ccc1C(N)=O. The van der Waals surface area contributed by atoms with Crippen LogP contribution in [0.2, 0.25) is 5.15 Å². The minimum atomic E-state index is -0.534. The van der Waals surface area contributed by atoms with Crippen LogP contribution < -0.4 is 11.1 Å². The lowest BCUT2D eigenvalue weighted by molar-refractivity contribution is 0.100. The van der Waals surface area contributed by atoms with Crippen molar-refractivity contribution in [3.63, 3.8) is 0 Å². The van der Waals surface area contributed by atoms with E-state index in [-0.39, 0.29) is 0 Å². The van der Waals surface area contributed by atoms with E-state index in [0.29, 0.717) is 29.7 Å². The van der Waals surface area contributed by atoms with E-state index >= 15 is 0 Å². The van der Waals surface area contributed by atoms with Crippen molar-refractivity contribution in [3.05, 3.63) is 22.8 Å². The summed E-state index contributed by atoms with van der Waals surface area (Å²) in [6.45, 7) is 3.95. The maximum atomic E-state index is 11.2. The topological polar surface area (TPSA) is 77.2 Å². The fraction of sp³-hybridized carbons (Fsp3) is 0.500. The van der Waals surface area contributed by atoms with E-state index in [1.165, 1.54) is 6.07 Å². The van der Waals surface area contributed by atoms with Gasteiger partial charge in [-0.1, -0.05) is 24.9 Å². The largest absolute Gasteiger partial charge is 0.380 e. The zero-order chi connectivity index (χ0) is 13.4. The molecule has 18 heavy (non-hydrogen) atoms. The van der Waals surface area contributed by atoms with Gasteiger partial charge in [0.05, 0.1) is 12.2 Å². The monoisotopic (exact) mass is 271 g/mol. The van der Waals surface area contributed by atoms with Gasteiger partial charge in [0, 0.05) is 13.2 Å². The molecule has 1 heterocycles. The van der Waals surface area contributed by atoms with Crippen molar-refractivity contribution in [2.75, 3.05) is 25.1 Å². The molecular formula is C12H18ClN3O2. The number of nitrogens with two attached hydrogens (primary N) is 1. The van der Waals surface area contributed by atoms with E-state index in [9.17, 15) is 4.79 Å². The summed E-state index contributed by atoms with van der Waals surface area (Å²) >= 11 is 5.77. The zero-order valence-electron chi connectivity index (χ0n) is 10.4. The number of nitrogens with one attached hydrogen (secondary N) is 1. The highest BCUT2D eigenvalue weighted by molar-refractivity contribution is 6.29. The maximum Gasteiger partial charge on any atom is 0.252 e. The molecule has 0 spiro atoms. The van der Waals surface area contributed by atoms with Gasteiger partial charge in [0.1, 0.15) is 11.0 Å². The van der Waals surface area contributed by atoms with Crippen LogP contribution in [0.15, 0.2) is 12.1 Å². The number of carbonyl (C=O) groups excluding carboxylic acids is 1. The van der Waals surface area contributed by atoms with Crippen LogP contribution in [-0.4, -0.2) is 30.6 Å². The summed E-state index contributed by atoms with van der Waals surface area (Å²) in [5, 5.41) is 3.31. The fourth-order valence-electron chi connectivity index (χ4n) is 1.36. The molecule has 0 aromatic carbocycles. The van der Waals surface area contributed by atoms with Crippen LogP contribution in [-0.2, 0) is 4.74 Å². The van der Waals surface area contributed by atoms with Crippen LogP contribution in [0.4, 0.5) is 5.82 Å². The Morgan fingerprint density at radius 1 is 1.50 bits per heavy atom. The third kappa shape index (κ3) is 4.89. The van der Waals surface area contributed by atoms with Crippen molar-refractivity contribution in [1.82, 2.24) is 4.98 Å². The molecule has 0 saturated heterocycles. The Balaban J connectivity index is 2.45. The Morgan fingerprint density at radius 3 is 2.94 bits per heavy atom. The smallest absolute Gasteiger partial charge is 0.252 e. The number of unbranched alkanes of at least 4 members (excludes halogenated alkanes) is 1. The van der Waals surface area contributed by atoms with Crippen molar-refractivity contribution in [2.45, 2.75) is 19.8 Å².